The highest BCUT2D eigenvalue weighted by Gasteiger charge is 2.14. The summed E-state index contributed by atoms with van der Waals surface area (Å²) >= 11 is 11.6. The minimum absolute atomic E-state index is 0.0971. The number of hydrogen-bond acceptors (Lipinski definition) is 4. The van der Waals surface area contributed by atoms with Crippen LogP contribution in [0.1, 0.15) is 15.9 Å². The zero-order chi connectivity index (χ0) is 16.8. The number of rotatable bonds is 5. The van der Waals surface area contributed by atoms with Crippen LogP contribution in [-0.4, -0.2) is 23.6 Å². The summed E-state index contributed by atoms with van der Waals surface area (Å²) in [6, 6.07) is 11.0. The Bertz CT molecular complexity index is 734. The first kappa shape index (κ1) is 17.1. The molecule has 2 N–H and O–H groups in total. The Morgan fingerprint density at radius 1 is 1.09 bits per heavy atom. The van der Waals surface area contributed by atoms with Gasteiger partial charge in [0.15, 0.2) is 6.61 Å². The van der Waals surface area contributed by atoms with E-state index < -0.39 is 18.5 Å². The van der Waals surface area contributed by atoms with Crippen molar-refractivity contribution < 1.29 is 19.4 Å². The van der Waals surface area contributed by atoms with Crippen LogP contribution in [0.4, 0.5) is 0 Å². The Kier molecular flexibility index (Phi) is 5.84. The molecule has 0 aromatic heterocycles. The zero-order valence-corrected chi connectivity index (χ0v) is 13.4. The van der Waals surface area contributed by atoms with Crippen LogP contribution in [-0.2, 0) is 16.1 Å². The van der Waals surface area contributed by atoms with Gasteiger partial charge in [-0.25, -0.2) is 4.79 Å². The van der Waals surface area contributed by atoms with Gasteiger partial charge in [-0.2, -0.15) is 0 Å². The molecule has 2 aromatic rings. The summed E-state index contributed by atoms with van der Waals surface area (Å²) in [5.74, 6) is -1.57. The van der Waals surface area contributed by atoms with E-state index in [0.29, 0.717) is 5.02 Å². The normalized spacial score (nSPS) is 10.2. The van der Waals surface area contributed by atoms with Crippen LogP contribution in [0, 0.1) is 0 Å². The standard InChI is InChI=1S/C16H13Cl2NO4/c17-11-3-1-2-10(6-11)8-19-15(21)9-23-16(22)13-7-12(18)4-5-14(13)20/h1-7,20H,8-9H2,(H,19,21). The molecule has 0 spiro atoms. The molecule has 0 unspecified atom stereocenters. The summed E-state index contributed by atoms with van der Waals surface area (Å²) in [6.45, 7) is -0.204. The van der Waals surface area contributed by atoms with Gasteiger partial charge in [-0.15, -0.1) is 0 Å². The number of aromatic hydroxyl groups is 1. The molecule has 0 saturated heterocycles. The molecular weight excluding hydrogens is 341 g/mol. The van der Waals surface area contributed by atoms with E-state index in [2.05, 4.69) is 5.32 Å². The molecule has 23 heavy (non-hydrogen) atoms. The molecule has 0 heterocycles. The minimum Gasteiger partial charge on any atom is -0.507 e. The lowest BCUT2D eigenvalue weighted by Gasteiger charge is -2.08. The molecule has 0 atom stereocenters. The number of carbonyl (C=O) groups excluding carboxylic acids is 2. The van der Waals surface area contributed by atoms with Crippen molar-refractivity contribution in [2.75, 3.05) is 6.61 Å². The van der Waals surface area contributed by atoms with Crippen LogP contribution in [0.15, 0.2) is 42.5 Å². The molecule has 2 rings (SSSR count). The summed E-state index contributed by atoms with van der Waals surface area (Å²) in [4.78, 5) is 23.5. The Labute approximate surface area is 142 Å². The molecule has 0 fully saturated rings. The van der Waals surface area contributed by atoms with Gasteiger partial charge in [-0.1, -0.05) is 35.3 Å². The van der Waals surface area contributed by atoms with Gasteiger partial charge in [-0.05, 0) is 35.9 Å². The van der Waals surface area contributed by atoms with Gasteiger partial charge in [0.05, 0.1) is 0 Å². The third kappa shape index (κ3) is 5.16. The number of amides is 1. The lowest BCUT2D eigenvalue weighted by atomic mass is 10.2. The van der Waals surface area contributed by atoms with Crippen molar-refractivity contribution in [1.82, 2.24) is 5.32 Å². The van der Waals surface area contributed by atoms with Gasteiger partial charge in [0.2, 0.25) is 0 Å². The number of benzene rings is 2. The Morgan fingerprint density at radius 3 is 2.57 bits per heavy atom. The molecule has 120 valence electrons. The second-order valence-electron chi connectivity index (χ2n) is 4.64. The van der Waals surface area contributed by atoms with Gasteiger partial charge in [-0.3, -0.25) is 4.79 Å². The Morgan fingerprint density at radius 2 is 1.83 bits per heavy atom. The molecule has 5 nitrogen and oxygen atoms in total. The van der Waals surface area contributed by atoms with E-state index >= 15 is 0 Å². The maximum atomic E-state index is 11.8. The van der Waals surface area contributed by atoms with Gasteiger partial charge < -0.3 is 15.2 Å². The van der Waals surface area contributed by atoms with E-state index in [0.717, 1.165) is 5.56 Å². The quantitative estimate of drug-likeness (QED) is 0.809. The summed E-state index contributed by atoms with van der Waals surface area (Å²) in [5.41, 5.74) is 0.727. The van der Waals surface area contributed by atoms with E-state index in [1.165, 1.54) is 18.2 Å². The predicted molar refractivity (Wildman–Crippen MR) is 86.7 cm³/mol. The number of carbonyl (C=O) groups is 2. The molecule has 0 saturated carbocycles. The van der Waals surface area contributed by atoms with Crippen LogP contribution in [0.2, 0.25) is 10.0 Å². The molecule has 2 aromatic carbocycles. The number of phenols is 1. The van der Waals surface area contributed by atoms with E-state index in [-0.39, 0.29) is 22.9 Å². The van der Waals surface area contributed by atoms with Crippen molar-refractivity contribution in [3.63, 3.8) is 0 Å². The van der Waals surface area contributed by atoms with Crippen molar-refractivity contribution in [2.24, 2.45) is 0 Å². The third-order valence-corrected chi connectivity index (χ3v) is 3.36. The summed E-state index contributed by atoms with van der Waals surface area (Å²) < 4.78 is 4.84. The number of nitrogens with one attached hydrogen (secondary N) is 1. The van der Waals surface area contributed by atoms with Crippen molar-refractivity contribution in [3.05, 3.63) is 63.6 Å². The van der Waals surface area contributed by atoms with Gasteiger partial charge in [0.25, 0.3) is 5.91 Å². The number of ether oxygens (including phenoxy) is 1. The highest BCUT2D eigenvalue weighted by molar-refractivity contribution is 6.31. The first-order valence-electron chi connectivity index (χ1n) is 6.62. The molecule has 0 bridgehead atoms. The van der Waals surface area contributed by atoms with E-state index in [1.807, 2.05) is 6.07 Å². The van der Waals surface area contributed by atoms with Gasteiger partial charge in [0, 0.05) is 16.6 Å². The Hall–Kier alpha value is -2.24. The topological polar surface area (TPSA) is 75.6 Å². The van der Waals surface area contributed by atoms with Crippen molar-refractivity contribution >= 4 is 35.1 Å². The summed E-state index contributed by atoms with van der Waals surface area (Å²) in [5, 5.41) is 13.0. The minimum atomic E-state index is -0.831. The van der Waals surface area contributed by atoms with E-state index in [1.54, 1.807) is 18.2 Å². The monoisotopic (exact) mass is 353 g/mol. The average molecular weight is 354 g/mol. The van der Waals surface area contributed by atoms with Gasteiger partial charge >= 0.3 is 5.97 Å². The highest BCUT2D eigenvalue weighted by Crippen LogP contribution is 2.22. The summed E-state index contributed by atoms with van der Waals surface area (Å²) in [6.07, 6.45) is 0. The average Bonchev–Trinajstić information content (AvgIpc) is 2.53. The number of halogens is 2. The number of phenolic OH excluding ortho intramolecular Hbond substituents is 1. The second-order valence-corrected chi connectivity index (χ2v) is 5.52. The van der Waals surface area contributed by atoms with Crippen LogP contribution in [0.25, 0.3) is 0 Å². The van der Waals surface area contributed by atoms with Crippen LogP contribution in [0.5, 0.6) is 5.75 Å². The maximum Gasteiger partial charge on any atom is 0.342 e. The summed E-state index contributed by atoms with van der Waals surface area (Å²) in [7, 11) is 0. The van der Waals surface area contributed by atoms with Gasteiger partial charge in [0.1, 0.15) is 11.3 Å². The zero-order valence-electron chi connectivity index (χ0n) is 11.9. The lowest BCUT2D eigenvalue weighted by Crippen LogP contribution is -2.28. The third-order valence-electron chi connectivity index (χ3n) is 2.89. The fraction of sp³-hybridized carbons (Fsp3) is 0.125. The highest BCUT2D eigenvalue weighted by atomic mass is 35.5. The number of esters is 1. The van der Waals surface area contributed by atoms with Crippen molar-refractivity contribution in [3.8, 4) is 5.75 Å². The molecule has 0 aliphatic rings. The fourth-order valence-corrected chi connectivity index (χ4v) is 2.16. The predicted octanol–water partition coefficient (Wildman–Crippen LogP) is 3.17. The Balaban J connectivity index is 1.84. The maximum absolute atomic E-state index is 11.8. The van der Waals surface area contributed by atoms with Crippen LogP contribution in [0.3, 0.4) is 0 Å². The second kappa shape index (κ2) is 7.85. The van der Waals surface area contributed by atoms with Crippen LogP contribution < -0.4 is 5.32 Å². The molecule has 0 aliphatic carbocycles. The SMILES string of the molecule is O=C(COC(=O)c1cc(Cl)ccc1O)NCc1cccc(Cl)c1. The smallest absolute Gasteiger partial charge is 0.342 e. The molecule has 0 radical (unpaired) electrons. The van der Waals surface area contributed by atoms with Crippen LogP contribution >= 0.6 is 23.2 Å². The molecule has 0 aliphatic heterocycles. The molecular formula is C16H13Cl2NO4. The molecule has 7 heteroatoms. The first-order valence-corrected chi connectivity index (χ1v) is 7.38. The lowest BCUT2D eigenvalue weighted by molar-refractivity contribution is -0.124. The van der Waals surface area contributed by atoms with Crippen molar-refractivity contribution in [2.45, 2.75) is 6.54 Å². The largest absolute Gasteiger partial charge is 0.507 e. The molecule has 1 amide bonds. The fourth-order valence-electron chi connectivity index (χ4n) is 1.78. The van der Waals surface area contributed by atoms with E-state index in [9.17, 15) is 14.7 Å². The number of hydrogen-bond donors (Lipinski definition) is 2. The first-order chi connectivity index (χ1) is 11.0. The van der Waals surface area contributed by atoms with Crippen molar-refractivity contribution in [1.29, 1.82) is 0 Å². The van der Waals surface area contributed by atoms with E-state index in [4.69, 9.17) is 27.9 Å².